The van der Waals surface area contributed by atoms with Crippen molar-refractivity contribution in [2.45, 2.75) is 11.3 Å². The molecule has 2 aromatic heterocycles. The van der Waals surface area contributed by atoms with E-state index in [0.29, 0.717) is 14.6 Å². The minimum atomic E-state index is -0.120. The number of aromatic nitrogens is 3. The maximum absolute atomic E-state index is 11.9. The summed E-state index contributed by atoms with van der Waals surface area (Å²) >= 11 is 4.04. The predicted molar refractivity (Wildman–Crippen MR) is 88.0 cm³/mol. The van der Waals surface area contributed by atoms with Crippen LogP contribution in [-0.4, -0.2) is 26.8 Å². The summed E-state index contributed by atoms with van der Waals surface area (Å²) in [5.41, 5.74) is 7.52. The number of rotatable bonds is 4. The van der Waals surface area contributed by atoms with Gasteiger partial charge in [0.15, 0.2) is 9.47 Å². The Morgan fingerprint density at radius 1 is 1.38 bits per heavy atom. The van der Waals surface area contributed by atoms with E-state index in [1.807, 2.05) is 25.1 Å². The van der Waals surface area contributed by atoms with Gasteiger partial charge in [-0.2, -0.15) is 0 Å². The number of fused-ring (bicyclic) bond motifs is 1. The molecule has 3 N–H and O–H groups in total. The van der Waals surface area contributed by atoms with Gasteiger partial charge in [0.25, 0.3) is 0 Å². The zero-order valence-electron chi connectivity index (χ0n) is 11.0. The highest BCUT2D eigenvalue weighted by Crippen LogP contribution is 2.28. The van der Waals surface area contributed by atoms with Gasteiger partial charge >= 0.3 is 0 Å². The summed E-state index contributed by atoms with van der Waals surface area (Å²) in [5, 5.41) is 11.4. The van der Waals surface area contributed by atoms with Crippen molar-refractivity contribution < 1.29 is 4.79 Å². The second kappa shape index (κ2) is 5.96. The van der Waals surface area contributed by atoms with Gasteiger partial charge in [0.2, 0.25) is 11.0 Å². The summed E-state index contributed by atoms with van der Waals surface area (Å²) < 4.78 is 1.75. The number of hydrogen-bond acceptors (Lipinski definition) is 8. The third-order valence-electron chi connectivity index (χ3n) is 2.62. The number of benzene rings is 1. The van der Waals surface area contributed by atoms with Crippen LogP contribution in [0.25, 0.3) is 10.2 Å². The summed E-state index contributed by atoms with van der Waals surface area (Å²) in [5.74, 6) is 0.134. The molecule has 6 nitrogen and oxygen atoms in total. The molecular formula is C12H11N5OS3. The second-order valence-electron chi connectivity index (χ2n) is 4.18. The van der Waals surface area contributed by atoms with Crippen molar-refractivity contribution >= 4 is 60.8 Å². The largest absolute Gasteiger partial charge is 0.374 e. The van der Waals surface area contributed by atoms with Gasteiger partial charge in [0.05, 0.1) is 16.0 Å². The number of carbonyl (C=O) groups is 1. The van der Waals surface area contributed by atoms with Crippen molar-refractivity contribution in [1.29, 1.82) is 0 Å². The van der Waals surface area contributed by atoms with Crippen LogP contribution in [0.1, 0.15) is 5.56 Å². The fourth-order valence-electron chi connectivity index (χ4n) is 1.70. The number of nitrogens with zero attached hydrogens (tertiary/aromatic N) is 3. The SMILES string of the molecule is Cc1cccc2sc(NC(=O)CSc3nnc(N)s3)nc12. The van der Waals surface area contributed by atoms with Crippen LogP contribution in [0.3, 0.4) is 0 Å². The van der Waals surface area contributed by atoms with Gasteiger partial charge in [-0.05, 0) is 18.6 Å². The zero-order valence-corrected chi connectivity index (χ0v) is 13.4. The van der Waals surface area contributed by atoms with E-state index in [1.165, 1.54) is 34.4 Å². The van der Waals surface area contributed by atoms with E-state index in [-0.39, 0.29) is 11.7 Å². The number of hydrogen-bond donors (Lipinski definition) is 2. The van der Waals surface area contributed by atoms with E-state index < -0.39 is 0 Å². The number of para-hydroxylation sites is 1. The Bertz CT molecular complexity index is 797. The third kappa shape index (κ3) is 3.31. The zero-order chi connectivity index (χ0) is 14.8. The quantitative estimate of drug-likeness (QED) is 0.711. The van der Waals surface area contributed by atoms with Crippen LogP contribution in [-0.2, 0) is 4.79 Å². The Hall–Kier alpha value is -1.71. The molecule has 2 heterocycles. The number of amides is 1. The van der Waals surface area contributed by atoms with Crippen LogP contribution in [0.15, 0.2) is 22.5 Å². The minimum Gasteiger partial charge on any atom is -0.374 e. The lowest BCUT2D eigenvalue weighted by Gasteiger charge is -1.98. The van der Waals surface area contributed by atoms with Gasteiger partial charge in [-0.25, -0.2) is 4.98 Å². The molecule has 0 aliphatic carbocycles. The first-order chi connectivity index (χ1) is 10.1. The number of nitrogens with one attached hydrogen (secondary N) is 1. The highest BCUT2D eigenvalue weighted by Gasteiger charge is 2.11. The smallest absolute Gasteiger partial charge is 0.236 e. The van der Waals surface area contributed by atoms with E-state index in [1.54, 1.807) is 0 Å². The maximum Gasteiger partial charge on any atom is 0.236 e. The molecule has 21 heavy (non-hydrogen) atoms. The summed E-state index contributed by atoms with van der Waals surface area (Å²) in [7, 11) is 0. The topological polar surface area (TPSA) is 93.8 Å². The summed E-state index contributed by atoms with van der Waals surface area (Å²) in [4.78, 5) is 16.4. The number of nitrogens with two attached hydrogens (primary N) is 1. The summed E-state index contributed by atoms with van der Waals surface area (Å²) in [6.45, 7) is 2.00. The fourth-order valence-corrected chi connectivity index (χ4v) is 4.10. The van der Waals surface area contributed by atoms with Gasteiger partial charge in [0.1, 0.15) is 0 Å². The van der Waals surface area contributed by atoms with E-state index in [2.05, 4.69) is 20.5 Å². The van der Waals surface area contributed by atoms with E-state index in [0.717, 1.165) is 15.8 Å². The average molecular weight is 337 g/mol. The molecule has 0 radical (unpaired) electrons. The molecule has 0 fully saturated rings. The molecule has 108 valence electrons. The van der Waals surface area contributed by atoms with E-state index >= 15 is 0 Å². The summed E-state index contributed by atoms with van der Waals surface area (Å²) in [6.07, 6.45) is 0. The summed E-state index contributed by atoms with van der Waals surface area (Å²) in [6, 6.07) is 5.98. The van der Waals surface area contributed by atoms with Crippen LogP contribution in [0.4, 0.5) is 10.3 Å². The van der Waals surface area contributed by atoms with Crippen molar-refractivity contribution in [3.8, 4) is 0 Å². The van der Waals surface area contributed by atoms with E-state index in [9.17, 15) is 4.79 Å². The maximum atomic E-state index is 11.9. The van der Waals surface area contributed by atoms with Gasteiger partial charge in [-0.15, -0.1) is 10.2 Å². The number of carbonyl (C=O) groups excluding carboxylic acids is 1. The molecule has 0 saturated heterocycles. The second-order valence-corrected chi connectivity index (χ2v) is 7.45. The number of aryl methyl sites for hydroxylation is 1. The Balaban J connectivity index is 1.64. The Labute approximate surface area is 132 Å². The molecule has 0 saturated carbocycles. The number of anilines is 2. The molecule has 3 rings (SSSR count). The van der Waals surface area contributed by atoms with Gasteiger partial charge in [-0.1, -0.05) is 46.6 Å². The van der Waals surface area contributed by atoms with Crippen LogP contribution in [0.2, 0.25) is 0 Å². The molecule has 9 heteroatoms. The first-order valence-electron chi connectivity index (χ1n) is 5.99. The predicted octanol–water partition coefficient (Wildman–Crippen LogP) is 2.77. The lowest BCUT2D eigenvalue weighted by Crippen LogP contribution is -2.13. The van der Waals surface area contributed by atoms with Crippen molar-refractivity contribution in [3.05, 3.63) is 23.8 Å². The normalized spacial score (nSPS) is 10.9. The van der Waals surface area contributed by atoms with E-state index in [4.69, 9.17) is 5.73 Å². The fraction of sp³-hybridized carbons (Fsp3) is 0.167. The van der Waals surface area contributed by atoms with Crippen molar-refractivity contribution in [3.63, 3.8) is 0 Å². The highest BCUT2D eigenvalue weighted by molar-refractivity contribution is 8.01. The van der Waals surface area contributed by atoms with Crippen LogP contribution in [0, 0.1) is 6.92 Å². The van der Waals surface area contributed by atoms with Crippen LogP contribution >= 0.6 is 34.4 Å². The lowest BCUT2D eigenvalue weighted by molar-refractivity contribution is -0.113. The molecule has 0 aliphatic rings. The molecular weight excluding hydrogens is 326 g/mol. The molecule has 0 bridgehead atoms. The van der Waals surface area contributed by atoms with Gasteiger partial charge in [-0.3, -0.25) is 4.79 Å². The standard InChI is InChI=1S/C12H11N5OS3/c1-6-3-2-4-7-9(6)15-11(20-7)14-8(18)5-19-12-17-16-10(13)21-12/h2-4H,5H2,1H3,(H2,13,16)(H,14,15,18). The minimum absolute atomic E-state index is 0.120. The lowest BCUT2D eigenvalue weighted by atomic mass is 10.2. The van der Waals surface area contributed by atoms with Gasteiger partial charge < -0.3 is 11.1 Å². The molecule has 1 aromatic carbocycles. The molecule has 0 spiro atoms. The molecule has 0 atom stereocenters. The van der Waals surface area contributed by atoms with Gasteiger partial charge in [0, 0.05) is 0 Å². The first kappa shape index (κ1) is 14.2. The number of nitrogen functional groups attached to an aromatic ring is 1. The molecule has 1 amide bonds. The average Bonchev–Trinajstić information content (AvgIpc) is 3.03. The highest BCUT2D eigenvalue weighted by atomic mass is 32.2. The Kier molecular flexibility index (Phi) is 4.04. The van der Waals surface area contributed by atoms with Crippen LogP contribution < -0.4 is 11.1 Å². The molecule has 0 aliphatic heterocycles. The number of thioether (sulfide) groups is 1. The monoisotopic (exact) mass is 337 g/mol. The van der Waals surface area contributed by atoms with Crippen molar-refractivity contribution in [1.82, 2.24) is 15.2 Å². The number of thiazole rings is 1. The first-order valence-corrected chi connectivity index (χ1v) is 8.61. The Morgan fingerprint density at radius 3 is 2.95 bits per heavy atom. The third-order valence-corrected chi connectivity index (χ3v) is 5.44. The Morgan fingerprint density at radius 2 is 2.24 bits per heavy atom. The molecule has 0 unspecified atom stereocenters. The van der Waals surface area contributed by atoms with Crippen LogP contribution in [0.5, 0.6) is 0 Å². The van der Waals surface area contributed by atoms with Crippen molar-refractivity contribution in [2.24, 2.45) is 0 Å². The molecule has 3 aromatic rings. The van der Waals surface area contributed by atoms with Crippen molar-refractivity contribution in [2.75, 3.05) is 16.8 Å².